The van der Waals surface area contributed by atoms with Crippen LogP contribution < -0.4 is 15.0 Å². The maximum Gasteiger partial charge on any atom is 0.269 e. The number of hydrogen-bond donors (Lipinski definition) is 1. The number of benzene rings is 1. The molecule has 24 heavy (non-hydrogen) atoms. The quantitative estimate of drug-likeness (QED) is 0.903. The second-order valence-electron chi connectivity index (χ2n) is 6.36. The van der Waals surface area contributed by atoms with Crippen molar-refractivity contribution in [2.45, 2.75) is 20.8 Å². The van der Waals surface area contributed by atoms with Gasteiger partial charge in [0.15, 0.2) is 0 Å². The monoisotopic (exact) mass is 346 g/mol. The van der Waals surface area contributed by atoms with E-state index in [1.807, 2.05) is 13.8 Å². The third-order valence-corrected chi connectivity index (χ3v) is 4.74. The fourth-order valence-electron chi connectivity index (χ4n) is 2.50. The molecule has 8 heteroatoms. The first-order valence-corrected chi connectivity index (χ1v) is 8.22. The molecule has 0 saturated carbocycles. The Bertz CT molecular complexity index is 815. The molecule has 1 aromatic carbocycles. The van der Waals surface area contributed by atoms with E-state index in [0.29, 0.717) is 27.7 Å². The number of hydrogen-bond acceptors (Lipinski definition) is 6. The number of amides is 2. The first kappa shape index (κ1) is 16.4. The molecule has 2 aromatic rings. The fraction of sp³-hybridized carbons (Fsp3) is 0.375. The number of fused-ring (bicyclic) bond motifs is 1. The topological polar surface area (TPSA) is 84.4 Å². The van der Waals surface area contributed by atoms with E-state index in [9.17, 15) is 9.59 Å². The highest BCUT2D eigenvalue weighted by Gasteiger charge is 2.36. The highest BCUT2D eigenvalue weighted by atomic mass is 32.1. The van der Waals surface area contributed by atoms with Crippen molar-refractivity contribution >= 4 is 34.7 Å². The molecule has 0 spiro atoms. The summed E-state index contributed by atoms with van der Waals surface area (Å²) < 4.78 is 9.57. The SMILES string of the molecule is Cc1nnsc1C(=O)Nc1ccc2c(c1)OCC(C)(C)C(=O)N2C. The molecule has 3 rings (SSSR count). The number of carbonyl (C=O) groups excluding carboxylic acids is 2. The minimum absolute atomic E-state index is 0.00982. The number of anilines is 2. The molecular weight excluding hydrogens is 328 g/mol. The Morgan fingerprint density at radius 1 is 1.42 bits per heavy atom. The first-order chi connectivity index (χ1) is 11.3. The second kappa shape index (κ2) is 5.86. The molecule has 1 aliphatic rings. The van der Waals surface area contributed by atoms with Crippen molar-refractivity contribution in [2.24, 2.45) is 5.41 Å². The predicted molar refractivity (Wildman–Crippen MR) is 91.7 cm³/mol. The van der Waals surface area contributed by atoms with Crippen molar-refractivity contribution in [3.05, 3.63) is 28.8 Å². The Hall–Kier alpha value is -2.48. The van der Waals surface area contributed by atoms with Gasteiger partial charge in [0.2, 0.25) is 5.91 Å². The Labute approximate surface area is 143 Å². The van der Waals surface area contributed by atoms with Crippen molar-refractivity contribution in [1.29, 1.82) is 0 Å². The third kappa shape index (κ3) is 2.84. The van der Waals surface area contributed by atoms with Crippen LogP contribution >= 0.6 is 11.5 Å². The van der Waals surface area contributed by atoms with Crippen LogP contribution in [0.4, 0.5) is 11.4 Å². The molecule has 2 amide bonds. The third-order valence-electron chi connectivity index (χ3n) is 3.91. The smallest absolute Gasteiger partial charge is 0.269 e. The van der Waals surface area contributed by atoms with Gasteiger partial charge in [-0.15, -0.1) is 5.10 Å². The van der Waals surface area contributed by atoms with Gasteiger partial charge >= 0.3 is 0 Å². The summed E-state index contributed by atoms with van der Waals surface area (Å²) in [4.78, 5) is 26.8. The van der Waals surface area contributed by atoms with Crippen LogP contribution in [0.1, 0.15) is 29.2 Å². The molecule has 0 saturated heterocycles. The minimum atomic E-state index is -0.609. The summed E-state index contributed by atoms with van der Waals surface area (Å²) in [6, 6.07) is 5.23. The zero-order valence-corrected chi connectivity index (χ0v) is 14.7. The molecule has 7 nitrogen and oxygen atoms in total. The molecule has 126 valence electrons. The van der Waals surface area contributed by atoms with E-state index < -0.39 is 5.41 Å². The summed E-state index contributed by atoms with van der Waals surface area (Å²) in [6.45, 7) is 5.71. The number of carbonyl (C=O) groups is 2. The van der Waals surface area contributed by atoms with Gasteiger partial charge in [-0.25, -0.2) is 0 Å². The summed E-state index contributed by atoms with van der Waals surface area (Å²) >= 11 is 1.05. The molecule has 0 unspecified atom stereocenters. The van der Waals surface area contributed by atoms with Gasteiger partial charge in [0, 0.05) is 18.8 Å². The van der Waals surface area contributed by atoms with Crippen LogP contribution in [0.5, 0.6) is 5.75 Å². The molecule has 2 heterocycles. The van der Waals surface area contributed by atoms with E-state index in [1.165, 1.54) is 0 Å². The van der Waals surface area contributed by atoms with E-state index in [0.717, 1.165) is 11.5 Å². The zero-order valence-electron chi connectivity index (χ0n) is 13.9. The van der Waals surface area contributed by atoms with Crippen molar-refractivity contribution in [2.75, 3.05) is 23.9 Å². The van der Waals surface area contributed by atoms with Gasteiger partial charge in [-0.3, -0.25) is 9.59 Å². The van der Waals surface area contributed by atoms with E-state index in [2.05, 4.69) is 14.9 Å². The summed E-state index contributed by atoms with van der Waals surface area (Å²) in [5, 5.41) is 6.65. The average Bonchev–Trinajstić information content (AvgIpc) is 2.94. The number of aromatic nitrogens is 2. The van der Waals surface area contributed by atoms with Crippen LogP contribution in [0.2, 0.25) is 0 Å². The molecule has 0 radical (unpaired) electrons. The molecule has 1 N–H and O–H groups in total. The van der Waals surface area contributed by atoms with E-state index in [-0.39, 0.29) is 18.4 Å². The zero-order chi connectivity index (χ0) is 17.5. The number of nitrogens with one attached hydrogen (secondary N) is 1. The highest BCUT2D eigenvalue weighted by molar-refractivity contribution is 7.08. The number of ether oxygens (including phenoxy) is 1. The second-order valence-corrected chi connectivity index (χ2v) is 7.11. The van der Waals surface area contributed by atoms with Crippen LogP contribution in [0.3, 0.4) is 0 Å². The number of rotatable bonds is 2. The van der Waals surface area contributed by atoms with Crippen LogP contribution in [-0.4, -0.2) is 35.1 Å². The molecule has 0 atom stereocenters. The molecule has 0 fully saturated rings. The average molecular weight is 346 g/mol. The van der Waals surface area contributed by atoms with Crippen molar-refractivity contribution in [3.8, 4) is 5.75 Å². The fourth-order valence-corrected chi connectivity index (χ4v) is 3.05. The summed E-state index contributed by atoms with van der Waals surface area (Å²) in [5.41, 5.74) is 1.25. The van der Waals surface area contributed by atoms with Gasteiger partial charge in [-0.1, -0.05) is 4.49 Å². The molecule has 0 bridgehead atoms. The van der Waals surface area contributed by atoms with Crippen LogP contribution in [-0.2, 0) is 4.79 Å². The van der Waals surface area contributed by atoms with Gasteiger partial charge < -0.3 is 15.0 Å². The lowest BCUT2D eigenvalue weighted by atomic mass is 9.93. The normalized spacial score (nSPS) is 16.2. The maximum atomic E-state index is 12.4. The molecule has 1 aromatic heterocycles. The Kier molecular flexibility index (Phi) is 4.00. The van der Waals surface area contributed by atoms with E-state index in [1.54, 1.807) is 37.1 Å². The summed E-state index contributed by atoms with van der Waals surface area (Å²) in [7, 11) is 1.72. The van der Waals surface area contributed by atoms with Crippen LogP contribution in [0.15, 0.2) is 18.2 Å². The summed E-state index contributed by atoms with van der Waals surface area (Å²) in [6.07, 6.45) is 0. The lowest BCUT2D eigenvalue weighted by molar-refractivity contribution is -0.127. The first-order valence-electron chi connectivity index (χ1n) is 7.45. The van der Waals surface area contributed by atoms with Crippen molar-refractivity contribution in [3.63, 3.8) is 0 Å². The molecular formula is C16H18N4O3S. The Morgan fingerprint density at radius 3 is 2.83 bits per heavy atom. The Balaban J connectivity index is 1.87. The summed E-state index contributed by atoms with van der Waals surface area (Å²) in [5.74, 6) is 0.290. The number of aryl methyl sites for hydroxylation is 1. The predicted octanol–water partition coefficient (Wildman–Crippen LogP) is 2.48. The van der Waals surface area contributed by atoms with E-state index >= 15 is 0 Å². The van der Waals surface area contributed by atoms with Gasteiger partial charge in [-0.05, 0) is 44.4 Å². The lowest BCUT2D eigenvalue weighted by Crippen LogP contribution is -2.39. The molecule has 1 aliphatic heterocycles. The lowest BCUT2D eigenvalue weighted by Gasteiger charge is -2.24. The van der Waals surface area contributed by atoms with Crippen molar-refractivity contribution < 1.29 is 14.3 Å². The minimum Gasteiger partial charge on any atom is -0.490 e. The van der Waals surface area contributed by atoms with Crippen LogP contribution in [0.25, 0.3) is 0 Å². The van der Waals surface area contributed by atoms with Crippen molar-refractivity contribution in [1.82, 2.24) is 9.59 Å². The van der Waals surface area contributed by atoms with Crippen LogP contribution in [0, 0.1) is 12.3 Å². The maximum absolute atomic E-state index is 12.4. The molecule has 0 aliphatic carbocycles. The van der Waals surface area contributed by atoms with E-state index in [4.69, 9.17) is 4.74 Å². The van der Waals surface area contributed by atoms with Gasteiger partial charge in [0.1, 0.15) is 17.2 Å². The van der Waals surface area contributed by atoms with Gasteiger partial charge in [0.05, 0.1) is 16.8 Å². The van der Waals surface area contributed by atoms with Gasteiger partial charge in [0.25, 0.3) is 5.91 Å². The largest absolute Gasteiger partial charge is 0.490 e. The standard InChI is InChI=1S/C16H18N4O3S/c1-9-13(24-19-18-9)14(21)17-10-5-6-11-12(7-10)23-8-16(2,3)15(22)20(11)4/h5-7H,8H2,1-4H3,(H,17,21). The Morgan fingerprint density at radius 2 is 2.17 bits per heavy atom. The van der Waals surface area contributed by atoms with Gasteiger partial charge in [-0.2, -0.15) is 0 Å². The highest BCUT2D eigenvalue weighted by Crippen LogP contribution is 2.37. The number of nitrogens with zero attached hydrogens (tertiary/aromatic N) is 3.